The highest BCUT2D eigenvalue weighted by Gasteiger charge is 2.31. The summed E-state index contributed by atoms with van der Waals surface area (Å²) in [4.78, 5) is 8.73. The molecular weight excluding hydrogens is 385 g/mol. The number of aliphatic hydroxyl groups is 1. The van der Waals surface area contributed by atoms with Gasteiger partial charge in [0.2, 0.25) is 5.95 Å². The molecule has 0 aliphatic heterocycles. The Hall–Kier alpha value is -3.33. The Kier molecular flexibility index (Phi) is 6.18. The van der Waals surface area contributed by atoms with E-state index >= 15 is 0 Å². The Morgan fingerprint density at radius 3 is 2.48 bits per heavy atom. The van der Waals surface area contributed by atoms with Crippen molar-refractivity contribution < 1.29 is 23.0 Å². The van der Waals surface area contributed by atoms with Crippen molar-refractivity contribution in [2.24, 2.45) is 0 Å². The zero-order valence-electron chi connectivity index (χ0n) is 15.4. The average Bonchev–Trinajstić information content (AvgIpc) is 2.67. The number of nitrogens with one attached hydrogen (secondary N) is 2. The first-order chi connectivity index (χ1) is 13.8. The number of alkyl halides is 3. The van der Waals surface area contributed by atoms with Crippen LogP contribution in [0.3, 0.4) is 0 Å². The molecule has 0 saturated carbocycles. The molecule has 3 aromatic rings. The quantitative estimate of drug-likeness (QED) is 0.535. The molecule has 0 aliphatic rings. The van der Waals surface area contributed by atoms with Gasteiger partial charge < -0.3 is 20.5 Å². The molecule has 0 saturated heterocycles. The first-order valence-corrected chi connectivity index (χ1v) is 8.77. The van der Waals surface area contributed by atoms with Crippen LogP contribution in [-0.2, 0) is 0 Å². The fraction of sp³-hybridized carbons (Fsp3) is 0.200. The molecule has 0 amide bonds. The minimum atomic E-state index is -4.78. The molecule has 6 nitrogen and oxygen atoms in total. The van der Waals surface area contributed by atoms with Crippen molar-refractivity contribution in [3.05, 3.63) is 60.7 Å². The molecule has 0 spiro atoms. The van der Waals surface area contributed by atoms with Gasteiger partial charge in [0.1, 0.15) is 11.6 Å². The van der Waals surface area contributed by atoms with Crippen LogP contribution < -0.4 is 15.4 Å². The van der Waals surface area contributed by atoms with E-state index in [9.17, 15) is 18.3 Å². The minimum absolute atomic E-state index is 0.135. The van der Waals surface area contributed by atoms with E-state index in [4.69, 9.17) is 0 Å². The third-order valence-corrected chi connectivity index (χ3v) is 3.79. The number of hydrogen-bond acceptors (Lipinski definition) is 6. The minimum Gasteiger partial charge on any atom is -0.406 e. The Labute approximate surface area is 165 Å². The summed E-state index contributed by atoms with van der Waals surface area (Å²) in [7, 11) is 0. The molecule has 0 fully saturated rings. The number of hydrogen-bond donors (Lipinski definition) is 3. The fourth-order valence-corrected chi connectivity index (χ4v) is 2.51. The monoisotopic (exact) mass is 404 g/mol. The number of benzene rings is 2. The third-order valence-electron chi connectivity index (χ3n) is 3.79. The smallest absolute Gasteiger partial charge is 0.406 e. The molecule has 0 unspecified atom stereocenters. The van der Waals surface area contributed by atoms with Crippen molar-refractivity contribution in [1.29, 1.82) is 0 Å². The van der Waals surface area contributed by atoms with E-state index < -0.39 is 6.36 Å². The maximum atomic E-state index is 12.5. The van der Waals surface area contributed by atoms with Crippen LogP contribution in [0.5, 0.6) is 5.75 Å². The number of aromatic nitrogens is 2. The standard InChI is InChI=1S/C20H19F3N4O2/c1-13(12-28)24-19-26-17(11-18(27-19)25-15-7-3-2-4-8-15)14-6-5-9-16(10-14)29-20(21,22)23/h2-11,13,28H,12H2,1H3,(H2,24,25,26,27)/t13-/m0/s1. The normalized spacial score (nSPS) is 12.3. The summed E-state index contributed by atoms with van der Waals surface area (Å²) in [5.74, 6) is 0.324. The van der Waals surface area contributed by atoms with E-state index in [1.54, 1.807) is 19.1 Å². The molecular formula is C20H19F3N4O2. The van der Waals surface area contributed by atoms with Gasteiger partial charge in [-0.15, -0.1) is 13.2 Å². The van der Waals surface area contributed by atoms with Gasteiger partial charge in [0.25, 0.3) is 0 Å². The lowest BCUT2D eigenvalue weighted by Crippen LogP contribution is -2.21. The molecule has 29 heavy (non-hydrogen) atoms. The number of nitrogens with zero attached hydrogens (tertiary/aromatic N) is 2. The lowest BCUT2D eigenvalue weighted by Gasteiger charge is -2.15. The van der Waals surface area contributed by atoms with Crippen molar-refractivity contribution in [3.63, 3.8) is 0 Å². The third kappa shape index (κ3) is 6.08. The lowest BCUT2D eigenvalue weighted by molar-refractivity contribution is -0.274. The van der Waals surface area contributed by atoms with Gasteiger partial charge >= 0.3 is 6.36 Å². The Balaban J connectivity index is 1.97. The van der Waals surface area contributed by atoms with Gasteiger partial charge in [-0.3, -0.25) is 0 Å². The van der Waals surface area contributed by atoms with Crippen LogP contribution in [0.25, 0.3) is 11.3 Å². The van der Waals surface area contributed by atoms with E-state index in [0.717, 1.165) is 5.69 Å². The second-order valence-corrected chi connectivity index (χ2v) is 6.26. The van der Waals surface area contributed by atoms with Crippen molar-refractivity contribution >= 4 is 17.5 Å². The molecule has 3 N–H and O–H groups in total. The van der Waals surface area contributed by atoms with Crippen molar-refractivity contribution in [1.82, 2.24) is 9.97 Å². The van der Waals surface area contributed by atoms with Gasteiger partial charge in [-0.05, 0) is 31.2 Å². The zero-order chi connectivity index (χ0) is 20.9. The Bertz CT molecular complexity index is 952. The highest BCUT2D eigenvalue weighted by Crippen LogP contribution is 2.29. The maximum absolute atomic E-state index is 12.5. The molecule has 0 bridgehead atoms. The number of para-hydroxylation sites is 1. The summed E-state index contributed by atoms with van der Waals surface area (Å²) >= 11 is 0. The largest absolute Gasteiger partial charge is 0.573 e. The van der Waals surface area contributed by atoms with Crippen molar-refractivity contribution in [2.75, 3.05) is 17.2 Å². The molecule has 3 rings (SSSR count). The summed E-state index contributed by atoms with van der Waals surface area (Å²) in [6, 6.07) is 16.1. The van der Waals surface area contributed by atoms with Crippen LogP contribution in [0, 0.1) is 0 Å². The molecule has 0 aliphatic carbocycles. The van der Waals surface area contributed by atoms with E-state index in [2.05, 4.69) is 25.3 Å². The molecule has 0 radical (unpaired) electrons. The molecule has 152 valence electrons. The molecule has 9 heteroatoms. The van der Waals surface area contributed by atoms with E-state index in [0.29, 0.717) is 17.1 Å². The highest BCUT2D eigenvalue weighted by atomic mass is 19.4. The Morgan fingerprint density at radius 1 is 1.03 bits per heavy atom. The number of halogens is 3. The van der Waals surface area contributed by atoms with Crippen LogP contribution in [0.15, 0.2) is 60.7 Å². The highest BCUT2D eigenvalue weighted by molar-refractivity contribution is 5.68. The fourth-order valence-electron chi connectivity index (χ4n) is 2.51. The molecule has 1 atom stereocenters. The summed E-state index contributed by atoms with van der Waals surface area (Å²) in [5, 5.41) is 15.4. The van der Waals surface area contributed by atoms with E-state index in [1.165, 1.54) is 18.2 Å². The van der Waals surface area contributed by atoms with E-state index in [1.807, 2.05) is 30.3 Å². The van der Waals surface area contributed by atoms with Gasteiger partial charge in [0.05, 0.1) is 12.3 Å². The Morgan fingerprint density at radius 2 is 1.79 bits per heavy atom. The van der Waals surface area contributed by atoms with Crippen LogP contribution in [-0.4, -0.2) is 34.1 Å². The summed E-state index contributed by atoms with van der Waals surface area (Å²) in [5.41, 5.74) is 1.59. The van der Waals surface area contributed by atoms with Crippen molar-refractivity contribution in [3.8, 4) is 17.0 Å². The first-order valence-electron chi connectivity index (χ1n) is 8.77. The average molecular weight is 404 g/mol. The number of ether oxygens (including phenoxy) is 1. The topological polar surface area (TPSA) is 79.3 Å². The molecule has 2 aromatic carbocycles. The van der Waals surface area contributed by atoms with Gasteiger partial charge in [-0.25, -0.2) is 4.98 Å². The summed E-state index contributed by atoms with van der Waals surface area (Å²) < 4.78 is 41.6. The predicted octanol–water partition coefficient (Wildman–Crippen LogP) is 4.58. The van der Waals surface area contributed by atoms with Crippen molar-refractivity contribution in [2.45, 2.75) is 19.3 Å². The number of rotatable bonds is 7. The van der Waals surface area contributed by atoms with Gasteiger partial charge in [0.15, 0.2) is 0 Å². The first kappa shape index (κ1) is 20.4. The predicted molar refractivity (Wildman–Crippen MR) is 104 cm³/mol. The van der Waals surface area contributed by atoms with Gasteiger partial charge in [-0.1, -0.05) is 30.3 Å². The SMILES string of the molecule is C[C@@H](CO)Nc1nc(Nc2ccccc2)cc(-c2cccc(OC(F)(F)F)c2)n1. The second-order valence-electron chi connectivity index (χ2n) is 6.26. The number of aliphatic hydroxyl groups excluding tert-OH is 1. The van der Waals surface area contributed by atoms with Crippen LogP contribution >= 0.6 is 0 Å². The lowest BCUT2D eigenvalue weighted by atomic mass is 10.1. The maximum Gasteiger partial charge on any atom is 0.573 e. The van der Waals surface area contributed by atoms with Crippen LogP contribution in [0.1, 0.15) is 6.92 Å². The number of anilines is 3. The van der Waals surface area contributed by atoms with Gasteiger partial charge in [0, 0.05) is 23.4 Å². The molecule has 1 heterocycles. The second kappa shape index (κ2) is 8.78. The van der Waals surface area contributed by atoms with Crippen LogP contribution in [0.4, 0.5) is 30.6 Å². The molecule has 1 aromatic heterocycles. The van der Waals surface area contributed by atoms with Gasteiger partial charge in [-0.2, -0.15) is 4.98 Å². The zero-order valence-corrected chi connectivity index (χ0v) is 15.4. The van der Waals surface area contributed by atoms with E-state index in [-0.39, 0.29) is 24.3 Å². The van der Waals surface area contributed by atoms with Crippen LogP contribution in [0.2, 0.25) is 0 Å². The summed E-state index contributed by atoms with van der Waals surface area (Å²) in [6.07, 6.45) is -4.78. The summed E-state index contributed by atoms with van der Waals surface area (Å²) in [6.45, 7) is 1.61.